The molecule has 2 aromatic heterocycles. The third-order valence-corrected chi connectivity index (χ3v) is 1.92. The molecule has 0 fully saturated rings. The van der Waals surface area contributed by atoms with Gasteiger partial charge in [0.25, 0.3) is 5.56 Å². The van der Waals surface area contributed by atoms with Crippen molar-refractivity contribution in [1.82, 2.24) is 9.55 Å². The molecule has 3 N–H and O–H groups in total. The first kappa shape index (κ1) is 6.97. The van der Waals surface area contributed by atoms with Crippen molar-refractivity contribution < 1.29 is 0 Å². The van der Waals surface area contributed by atoms with Crippen molar-refractivity contribution in [2.75, 3.05) is 5.73 Å². The molecule has 0 aromatic carbocycles. The number of aromatic amines is 1. The smallest absolute Gasteiger partial charge is 0.258 e. The molecule has 0 aliphatic rings. The number of aromatic nitrogens is 2. The zero-order chi connectivity index (χ0) is 8.72. The molecule has 0 bridgehead atoms. The molecular weight excluding hydrogens is 154 g/mol. The Hall–Kier alpha value is -1.71. The topological polar surface area (TPSA) is 63.8 Å². The molecule has 2 rings (SSSR count). The van der Waals surface area contributed by atoms with Crippen LogP contribution in [0.1, 0.15) is 0 Å². The van der Waals surface area contributed by atoms with Gasteiger partial charge in [-0.1, -0.05) is 0 Å². The number of pyridine rings is 1. The third kappa shape index (κ3) is 0.812. The summed E-state index contributed by atoms with van der Waals surface area (Å²) < 4.78 is 1.86. The first-order valence-corrected chi connectivity index (χ1v) is 3.62. The van der Waals surface area contributed by atoms with Crippen LogP contribution in [0.5, 0.6) is 0 Å². The van der Waals surface area contributed by atoms with Crippen LogP contribution in [0.2, 0.25) is 0 Å². The normalized spacial score (nSPS) is 10.8. The van der Waals surface area contributed by atoms with E-state index >= 15 is 0 Å². The summed E-state index contributed by atoms with van der Waals surface area (Å²) in [5.41, 5.74) is 6.21. The van der Waals surface area contributed by atoms with Gasteiger partial charge in [-0.3, -0.25) is 4.79 Å². The van der Waals surface area contributed by atoms with Gasteiger partial charge in [0.05, 0.1) is 10.9 Å². The maximum atomic E-state index is 11.3. The zero-order valence-corrected chi connectivity index (χ0v) is 6.66. The molecule has 0 unspecified atom stereocenters. The first-order valence-electron chi connectivity index (χ1n) is 3.62. The lowest BCUT2D eigenvalue weighted by Gasteiger charge is -1.96. The average molecular weight is 163 g/mol. The van der Waals surface area contributed by atoms with Crippen LogP contribution in [-0.4, -0.2) is 9.55 Å². The lowest BCUT2D eigenvalue weighted by molar-refractivity contribution is 0.968. The standard InChI is InChI=1S/C8H9N3O/c1-11-3-2-5-6(11)4-7(9)10-8(5)12/h2-4H,1H3,(H3,9,10,12). The summed E-state index contributed by atoms with van der Waals surface area (Å²) in [6.45, 7) is 0. The van der Waals surface area contributed by atoms with E-state index in [9.17, 15) is 4.79 Å². The number of H-pyrrole nitrogens is 1. The number of anilines is 1. The highest BCUT2D eigenvalue weighted by atomic mass is 16.1. The van der Waals surface area contributed by atoms with Gasteiger partial charge in [-0.15, -0.1) is 0 Å². The van der Waals surface area contributed by atoms with Crippen molar-refractivity contribution in [1.29, 1.82) is 0 Å². The number of fused-ring (bicyclic) bond motifs is 1. The van der Waals surface area contributed by atoms with E-state index in [1.807, 2.05) is 17.8 Å². The van der Waals surface area contributed by atoms with Crippen molar-refractivity contribution in [3.05, 3.63) is 28.7 Å². The Morgan fingerprint density at radius 3 is 3.08 bits per heavy atom. The second-order valence-corrected chi connectivity index (χ2v) is 2.78. The molecule has 4 nitrogen and oxygen atoms in total. The van der Waals surface area contributed by atoms with Crippen molar-refractivity contribution in [2.45, 2.75) is 0 Å². The highest BCUT2D eigenvalue weighted by Crippen LogP contribution is 2.10. The Labute approximate surface area is 68.6 Å². The Balaban J connectivity index is 3.03. The Bertz CT molecular complexity index is 480. The van der Waals surface area contributed by atoms with E-state index in [0.29, 0.717) is 11.2 Å². The van der Waals surface area contributed by atoms with Gasteiger partial charge in [-0.2, -0.15) is 0 Å². The third-order valence-electron chi connectivity index (χ3n) is 1.92. The van der Waals surface area contributed by atoms with E-state index in [4.69, 9.17) is 5.73 Å². The molecule has 2 heterocycles. The van der Waals surface area contributed by atoms with Crippen molar-refractivity contribution in [3.63, 3.8) is 0 Å². The molecule has 4 heteroatoms. The van der Waals surface area contributed by atoms with E-state index in [1.54, 1.807) is 12.1 Å². The lowest BCUT2D eigenvalue weighted by Crippen LogP contribution is -2.08. The van der Waals surface area contributed by atoms with Crippen LogP contribution < -0.4 is 11.3 Å². The van der Waals surface area contributed by atoms with Gasteiger partial charge in [0.1, 0.15) is 5.82 Å². The van der Waals surface area contributed by atoms with E-state index in [-0.39, 0.29) is 5.56 Å². The predicted molar refractivity (Wildman–Crippen MR) is 48.0 cm³/mol. The Morgan fingerprint density at radius 1 is 1.58 bits per heavy atom. The fourth-order valence-corrected chi connectivity index (χ4v) is 1.30. The summed E-state index contributed by atoms with van der Waals surface area (Å²) in [6.07, 6.45) is 1.83. The number of nitrogens with one attached hydrogen (secondary N) is 1. The van der Waals surface area contributed by atoms with Gasteiger partial charge < -0.3 is 15.3 Å². The van der Waals surface area contributed by atoms with Gasteiger partial charge in [-0.05, 0) is 6.07 Å². The number of nitrogens with zero attached hydrogens (tertiary/aromatic N) is 1. The first-order chi connectivity index (χ1) is 5.68. The quantitative estimate of drug-likeness (QED) is 0.592. The highest BCUT2D eigenvalue weighted by molar-refractivity contribution is 5.80. The van der Waals surface area contributed by atoms with Crippen LogP contribution in [0.3, 0.4) is 0 Å². The van der Waals surface area contributed by atoms with Crippen molar-refractivity contribution in [2.24, 2.45) is 7.05 Å². The summed E-state index contributed by atoms with van der Waals surface area (Å²) in [5.74, 6) is 0.398. The average Bonchev–Trinajstić information content (AvgIpc) is 2.33. The predicted octanol–water partition coefficient (Wildman–Crippen LogP) is 0.449. The lowest BCUT2D eigenvalue weighted by atomic mass is 10.3. The SMILES string of the molecule is Cn1ccc2c(=O)[nH]c(N)cc21. The second-order valence-electron chi connectivity index (χ2n) is 2.78. The molecule has 0 saturated heterocycles. The minimum Gasteiger partial charge on any atom is -0.385 e. The summed E-state index contributed by atoms with van der Waals surface area (Å²) >= 11 is 0. The van der Waals surface area contributed by atoms with Crippen molar-refractivity contribution in [3.8, 4) is 0 Å². The number of rotatable bonds is 0. The number of nitrogens with two attached hydrogens (primary N) is 1. The summed E-state index contributed by atoms with van der Waals surface area (Å²) in [6, 6.07) is 3.52. The molecule has 0 amide bonds. The minimum absolute atomic E-state index is 0.134. The molecule has 0 aliphatic carbocycles. The van der Waals surface area contributed by atoms with Gasteiger partial charge in [-0.25, -0.2) is 0 Å². The van der Waals surface area contributed by atoms with E-state index in [0.717, 1.165) is 5.52 Å². The van der Waals surface area contributed by atoms with Crippen LogP contribution in [0.25, 0.3) is 10.9 Å². The van der Waals surface area contributed by atoms with Crippen LogP contribution in [0, 0.1) is 0 Å². The largest absolute Gasteiger partial charge is 0.385 e. The molecular formula is C8H9N3O. The summed E-state index contributed by atoms with van der Waals surface area (Å²) in [4.78, 5) is 13.8. The maximum absolute atomic E-state index is 11.3. The van der Waals surface area contributed by atoms with Crippen LogP contribution >= 0.6 is 0 Å². The Morgan fingerprint density at radius 2 is 2.33 bits per heavy atom. The van der Waals surface area contributed by atoms with Crippen LogP contribution in [0.15, 0.2) is 23.1 Å². The minimum atomic E-state index is -0.134. The van der Waals surface area contributed by atoms with Crippen LogP contribution in [0.4, 0.5) is 5.82 Å². The van der Waals surface area contributed by atoms with Gasteiger partial charge in [0, 0.05) is 19.3 Å². The summed E-state index contributed by atoms with van der Waals surface area (Å²) in [5, 5.41) is 0.673. The molecule has 2 aromatic rings. The van der Waals surface area contributed by atoms with Crippen molar-refractivity contribution >= 4 is 16.7 Å². The number of nitrogen functional groups attached to an aromatic ring is 1. The van der Waals surface area contributed by atoms with Gasteiger partial charge in [0.15, 0.2) is 0 Å². The molecule has 0 saturated carbocycles. The van der Waals surface area contributed by atoms with Gasteiger partial charge in [0.2, 0.25) is 0 Å². The fourth-order valence-electron chi connectivity index (χ4n) is 1.30. The van der Waals surface area contributed by atoms with Crippen LogP contribution in [-0.2, 0) is 7.05 Å². The maximum Gasteiger partial charge on any atom is 0.258 e. The molecule has 0 spiro atoms. The molecule has 0 radical (unpaired) electrons. The van der Waals surface area contributed by atoms with Gasteiger partial charge >= 0.3 is 0 Å². The molecule has 0 atom stereocenters. The number of aryl methyl sites for hydroxylation is 1. The number of hydrogen-bond donors (Lipinski definition) is 2. The summed E-state index contributed by atoms with van der Waals surface area (Å²) in [7, 11) is 1.88. The van der Waals surface area contributed by atoms with E-state index < -0.39 is 0 Å². The molecule has 0 aliphatic heterocycles. The molecule has 62 valence electrons. The monoisotopic (exact) mass is 163 g/mol. The second kappa shape index (κ2) is 2.14. The molecule has 12 heavy (non-hydrogen) atoms. The highest BCUT2D eigenvalue weighted by Gasteiger charge is 2.01. The zero-order valence-electron chi connectivity index (χ0n) is 6.66. The van der Waals surface area contributed by atoms with E-state index in [2.05, 4.69) is 4.98 Å². The Kier molecular flexibility index (Phi) is 1.24. The number of hydrogen-bond acceptors (Lipinski definition) is 2. The van der Waals surface area contributed by atoms with E-state index in [1.165, 1.54) is 0 Å². The fraction of sp³-hybridized carbons (Fsp3) is 0.125.